The molecule has 2 aromatic rings. The lowest BCUT2D eigenvalue weighted by Crippen LogP contribution is -2.33. The minimum atomic E-state index is -0.312. The van der Waals surface area contributed by atoms with Crippen molar-refractivity contribution in [2.45, 2.75) is 6.54 Å². The number of nitrogen functional groups attached to an aromatic ring is 1. The van der Waals surface area contributed by atoms with Gasteiger partial charge in [0.25, 0.3) is 0 Å². The van der Waals surface area contributed by atoms with Gasteiger partial charge in [-0.05, 0) is 30.3 Å². The van der Waals surface area contributed by atoms with Gasteiger partial charge in [0, 0.05) is 13.2 Å². The molecular weight excluding hydrogens is 275 g/mol. The van der Waals surface area contributed by atoms with Gasteiger partial charge >= 0.3 is 0 Å². The van der Waals surface area contributed by atoms with Crippen LogP contribution in [0.2, 0.25) is 0 Å². The first-order chi connectivity index (χ1) is 10.0. The van der Waals surface area contributed by atoms with Crippen molar-refractivity contribution in [2.24, 2.45) is 0 Å². The van der Waals surface area contributed by atoms with Crippen LogP contribution in [0, 0.1) is 5.82 Å². The van der Waals surface area contributed by atoms with Gasteiger partial charge in [0.1, 0.15) is 30.5 Å². The van der Waals surface area contributed by atoms with Gasteiger partial charge < -0.3 is 15.4 Å². The zero-order valence-corrected chi connectivity index (χ0v) is 11.7. The number of halogens is 1. The molecule has 0 atom stereocenters. The first-order valence-electron chi connectivity index (χ1n) is 6.46. The molecule has 0 aliphatic rings. The van der Waals surface area contributed by atoms with Crippen LogP contribution in [0.3, 0.4) is 0 Å². The van der Waals surface area contributed by atoms with Crippen LogP contribution in [0.4, 0.5) is 10.2 Å². The Balaban J connectivity index is 1.74. The molecule has 0 fully saturated rings. The maximum absolute atomic E-state index is 12.7. The number of benzene rings is 1. The summed E-state index contributed by atoms with van der Waals surface area (Å²) >= 11 is 0. The lowest BCUT2D eigenvalue weighted by atomic mass is 10.3. The Morgan fingerprint density at radius 2 is 2.10 bits per heavy atom. The number of hydrogen-bond acceptors (Lipinski definition) is 4. The van der Waals surface area contributed by atoms with Crippen molar-refractivity contribution in [1.29, 1.82) is 0 Å². The van der Waals surface area contributed by atoms with Crippen LogP contribution in [0.25, 0.3) is 0 Å². The molecule has 0 saturated heterocycles. The topological polar surface area (TPSA) is 73.4 Å². The van der Waals surface area contributed by atoms with Crippen LogP contribution < -0.4 is 10.5 Å². The monoisotopic (exact) mass is 292 g/mol. The Hall–Kier alpha value is -2.57. The van der Waals surface area contributed by atoms with Gasteiger partial charge in [0.15, 0.2) is 0 Å². The van der Waals surface area contributed by atoms with Crippen molar-refractivity contribution in [3.8, 4) is 5.75 Å². The van der Waals surface area contributed by atoms with Crippen LogP contribution in [-0.4, -0.2) is 40.8 Å². The summed E-state index contributed by atoms with van der Waals surface area (Å²) in [5.41, 5.74) is 5.48. The molecule has 7 heteroatoms. The second-order valence-electron chi connectivity index (χ2n) is 4.56. The van der Waals surface area contributed by atoms with E-state index in [2.05, 4.69) is 5.10 Å². The first kappa shape index (κ1) is 14.8. The fourth-order valence-corrected chi connectivity index (χ4v) is 1.68. The van der Waals surface area contributed by atoms with E-state index in [1.54, 1.807) is 36.3 Å². The zero-order chi connectivity index (χ0) is 15.2. The number of hydrogen-bond donors (Lipinski definition) is 1. The standard InChI is InChI=1S/C14H17FN4O2/c1-18(14(20)10-19-7-6-13(16)17-19)8-9-21-12-4-2-11(15)3-5-12/h2-7H,8-10H2,1H3,(H2,16,17). The number of amides is 1. The third kappa shape index (κ3) is 4.48. The van der Waals surface area contributed by atoms with E-state index < -0.39 is 0 Å². The van der Waals surface area contributed by atoms with Crippen molar-refractivity contribution in [3.05, 3.63) is 42.3 Å². The average molecular weight is 292 g/mol. The molecule has 0 aliphatic carbocycles. The Labute approximate surface area is 121 Å². The minimum Gasteiger partial charge on any atom is -0.492 e. The summed E-state index contributed by atoms with van der Waals surface area (Å²) in [6, 6.07) is 7.37. The Kier molecular flexibility index (Phi) is 4.76. The molecule has 0 aliphatic heterocycles. The van der Waals surface area contributed by atoms with Gasteiger partial charge in [-0.15, -0.1) is 0 Å². The fraction of sp³-hybridized carbons (Fsp3) is 0.286. The van der Waals surface area contributed by atoms with E-state index >= 15 is 0 Å². The van der Waals surface area contributed by atoms with E-state index in [1.165, 1.54) is 16.8 Å². The summed E-state index contributed by atoms with van der Waals surface area (Å²) in [6.07, 6.45) is 1.65. The molecular formula is C14H17FN4O2. The van der Waals surface area contributed by atoms with Gasteiger partial charge in [-0.25, -0.2) is 4.39 Å². The summed E-state index contributed by atoms with van der Waals surface area (Å²) in [4.78, 5) is 13.5. The number of nitrogens with two attached hydrogens (primary N) is 1. The molecule has 1 aromatic carbocycles. The van der Waals surface area contributed by atoms with Gasteiger partial charge in [0.05, 0.1) is 6.54 Å². The van der Waals surface area contributed by atoms with E-state index in [4.69, 9.17) is 10.5 Å². The minimum absolute atomic E-state index is 0.0965. The molecule has 0 spiro atoms. The van der Waals surface area contributed by atoms with E-state index in [0.717, 1.165) is 0 Å². The number of carbonyl (C=O) groups excluding carboxylic acids is 1. The van der Waals surface area contributed by atoms with Gasteiger partial charge in [-0.2, -0.15) is 5.10 Å². The zero-order valence-electron chi connectivity index (χ0n) is 11.7. The third-order valence-electron chi connectivity index (χ3n) is 2.89. The smallest absolute Gasteiger partial charge is 0.244 e. The maximum Gasteiger partial charge on any atom is 0.244 e. The SMILES string of the molecule is CN(CCOc1ccc(F)cc1)C(=O)Cn1ccc(N)n1. The van der Waals surface area contributed by atoms with Crippen molar-refractivity contribution < 1.29 is 13.9 Å². The largest absolute Gasteiger partial charge is 0.492 e. The predicted octanol–water partition coefficient (Wildman–Crippen LogP) is 1.14. The lowest BCUT2D eigenvalue weighted by molar-refractivity contribution is -0.131. The number of ether oxygens (including phenoxy) is 1. The molecule has 2 N–H and O–H groups in total. The molecule has 0 unspecified atom stereocenters. The first-order valence-corrected chi connectivity index (χ1v) is 6.46. The van der Waals surface area contributed by atoms with Gasteiger partial charge in [-0.3, -0.25) is 9.48 Å². The number of anilines is 1. The molecule has 1 aromatic heterocycles. The molecule has 1 heterocycles. The van der Waals surface area contributed by atoms with Crippen LogP contribution in [-0.2, 0) is 11.3 Å². The van der Waals surface area contributed by atoms with Crippen molar-refractivity contribution in [3.63, 3.8) is 0 Å². The molecule has 2 rings (SSSR count). The highest BCUT2D eigenvalue weighted by molar-refractivity contribution is 5.75. The van der Waals surface area contributed by atoms with Crippen LogP contribution in [0.5, 0.6) is 5.75 Å². The molecule has 112 valence electrons. The lowest BCUT2D eigenvalue weighted by Gasteiger charge is -2.17. The fourth-order valence-electron chi connectivity index (χ4n) is 1.68. The second-order valence-corrected chi connectivity index (χ2v) is 4.56. The maximum atomic E-state index is 12.7. The number of carbonyl (C=O) groups is 1. The third-order valence-corrected chi connectivity index (χ3v) is 2.89. The molecule has 0 saturated carbocycles. The quantitative estimate of drug-likeness (QED) is 0.866. The number of rotatable bonds is 6. The molecule has 1 amide bonds. The van der Waals surface area contributed by atoms with Crippen LogP contribution >= 0.6 is 0 Å². The van der Waals surface area contributed by atoms with E-state index in [1.807, 2.05) is 0 Å². The molecule has 6 nitrogen and oxygen atoms in total. The van der Waals surface area contributed by atoms with Gasteiger partial charge in [-0.1, -0.05) is 0 Å². The van der Waals surface area contributed by atoms with Crippen LogP contribution in [0.1, 0.15) is 0 Å². The Morgan fingerprint density at radius 3 is 2.71 bits per heavy atom. The highest BCUT2D eigenvalue weighted by atomic mass is 19.1. The number of aromatic nitrogens is 2. The van der Waals surface area contributed by atoms with Gasteiger partial charge in [0.2, 0.25) is 5.91 Å². The summed E-state index contributed by atoms with van der Waals surface area (Å²) in [6.45, 7) is 0.881. The van der Waals surface area contributed by atoms with Crippen molar-refractivity contribution in [1.82, 2.24) is 14.7 Å². The second kappa shape index (κ2) is 6.74. The number of likely N-dealkylation sites (N-methyl/N-ethyl adjacent to an activating group) is 1. The Morgan fingerprint density at radius 1 is 1.38 bits per heavy atom. The Bertz CT molecular complexity index is 597. The normalized spacial score (nSPS) is 10.4. The van der Waals surface area contributed by atoms with E-state index in [-0.39, 0.29) is 18.3 Å². The molecule has 21 heavy (non-hydrogen) atoms. The summed E-state index contributed by atoms with van der Waals surface area (Å²) in [5.74, 6) is 0.538. The molecule has 0 radical (unpaired) electrons. The highest BCUT2D eigenvalue weighted by Crippen LogP contribution is 2.10. The van der Waals surface area contributed by atoms with Crippen LogP contribution in [0.15, 0.2) is 36.5 Å². The summed E-state index contributed by atoms with van der Waals surface area (Å²) in [7, 11) is 1.68. The van der Waals surface area contributed by atoms with Crippen molar-refractivity contribution >= 4 is 11.7 Å². The van der Waals surface area contributed by atoms with Crippen molar-refractivity contribution in [2.75, 3.05) is 25.9 Å². The van der Waals surface area contributed by atoms with E-state index in [9.17, 15) is 9.18 Å². The molecule has 0 bridgehead atoms. The summed E-state index contributed by atoms with van der Waals surface area (Å²) in [5, 5.41) is 3.95. The summed E-state index contributed by atoms with van der Waals surface area (Å²) < 4.78 is 19.6. The highest BCUT2D eigenvalue weighted by Gasteiger charge is 2.10. The average Bonchev–Trinajstić information content (AvgIpc) is 2.86. The predicted molar refractivity (Wildman–Crippen MR) is 76.2 cm³/mol. The van der Waals surface area contributed by atoms with E-state index in [0.29, 0.717) is 24.7 Å². The number of nitrogens with zero attached hydrogens (tertiary/aromatic N) is 3.